The van der Waals surface area contributed by atoms with E-state index in [1.165, 1.54) is 41.9 Å². The van der Waals surface area contributed by atoms with Gasteiger partial charge in [-0.2, -0.15) is 0 Å². The quantitative estimate of drug-likeness (QED) is 0.432. The molecule has 0 radical (unpaired) electrons. The first-order chi connectivity index (χ1) is 15.7. The van der Waals surface area contributed by atoms with Gasteiger partial charge < -0.3 is 14.8 Å². The molecule has 0 unspecified atom stereocenters. The first kappa shape index (κ1) is 20.5. The van der Waals surface area contributed by atoms with Crippen molar-refractivity contribution in [2.45, 2.75) is 19.4 Å². The SMILES string of the molecule is CNC.Fc1ccc(-c2cc3n(c2)Cc2cc(N4CCCC4)ccc2-n2ccnc2-3)cc1. The highest BCUT2D eigenvalue weighted by Gasteiger charge is 2.22. The fourth-order valence-corrected chi connectivity index (χ4v) is 4.61. The van der Waals surface area contributed by atoms with E-state index in [2.05, 4.69) is 54.8 Å². The second-order valence-electron chi connectivity index (χ2n) is 8.38. The smallest absolute Gasteiger partial charge is 0.161 e. The average Bonchev–Trinajstić information content (AvgIpc) is 3.55. The molecule has 4 heterocycles. The number of nitrogens with zero attached hydrogens (tertiary/aromatic N) is 4. The number of benzene rings is 2. The van der Waals surface area contributed by atoms with Gasteiger partial charge in [0.25, 0.3) is 0 Å². The van der Waals surface area contributed by atoms with Crippen molar-refractivity contribution in [1.82, 2.24) is 19.4 Å². The van der Waals surface area contributed by atoms with Gasteiger partial charge in [0, 0.05) is 49.5 Å². The number of nitrogens with one attached hydrogen (secondary N) is 1. The predicted octanol–water partition coefficient (Wildman–Crippen LogP) is 4.94. The molecule has 0 saturated carbocycles. The summed E-state index contributed by atoms with van der Waals surface area (Å²) in [4.78, 5) is 7.12. The molecule has 6 rings (SSSR count). The second kappa shape index (κ2) is 8.63. The number of hydrogen-bond donors (Lipinski definition) is 1. The third-order valence-electron chi connectivity index (χ3n) is 6.08. The molecule has 0 bridgehead atoms. The molecular formula is C26H28FN5. The van der Waals surface area contributed by atoms with Gasteiger partial charge in [-0.3, -0.25) is 4.57 Å². The van der Waals surface area contributed by atoms with Crippen molar-refractivity contribution in [3.63, 3.8) is 0 Å². The molecule has 32 heavy (non-hydrogen) atoms. The molecule has 2 aromatic carbocycles. The molecule has 1 fully saturated rings. The lowest BCUT2D eigenvalue weighted by atomic mass is 10.1. The highest BCUT2D eigenvalue weighted by molar-refractivity contribution is 5.72. The van der Waals surface area contributed by atoms with E-state index < -0.39 is 0 Å². The van der Waals surface area contributed by atoms with Crippen molar-refractivity contribution in [3.05, 3.63) is 78.5 Å². The van der Waals surface area contributed by atoms with Crippen LogP contribution in [0.2, 0.25) is 0 Å². The summed E-state index contributed by atoms with van der Waals surface area (Å²) < 4.78 is 17.8. The molecule has 2 aliphatic heterocycles. The Morgan fingerprint density at radius 3 is 2.44 bits per heavy atom. The summed E-state index contributed by atoms with van der Waals surface area (Å²) in [6, 6.07) is 15.6. The van der Waals surface area contributed by atoms with Crippen molar-refractivity contribution >= 4 is 5.69 Å². The fraction of sp³-hybridized carbons (Fsp3) is 0.269. The molecule has 164 valence electrons. The lowest BCUT2D eigenvalue weighted by molar-refractivity contribution is 0.628. The molecule has 0 spiro atoms. The first-order valence-electron chi connectivity index (χ1n) is 11.1. The van der Waals surface area contributed by atoms with Gasteiger partial charge in [-0.15, -0.1) is 0 Å². The van der Waals surface area contributed by atoms with E-state index >= 15 is 0 Å². The Bertz CT molecular complexity index is 1220. The third kappa shape index (κ3) is 3.71. The molecule has 0 amide bonds. The van der Waals surface area contributed by atoms with Crippen LogP contribution in [0.4, 0.5) is 10.1 Å². The van der Waals surface area contributed by atoms with Gasteiger partial charge in [0.05, 0.1) is 11.4 Å². The summed E-state index contributed by atoms with van der Waals surface area (Å²) in [7, 11) is 3.75. The zero-order valence-corrected chi connectivity index (χ0v) is 18.6. The minimum absolute atomic E-state index is 0.214. The molecule has 0 aliphatic carbocycles. The molecule has 2 aliphatic rings. The second-order valence-corrected chi connectivity index (χ2v) is 8.38. The number of hydrogen-bond acceptors (Lipinski definition) is 3. The highest BCUT2D eigenvalue weighted by atomic mass is 19.1. The van der Waals surface area contributed by atoms with E-state index in [4.69, 9.17) is 0 Å². The van der Waals surface area contributed by atoms with Gasteiger partial charge in [-0.1, -0.05) is 12.1 Å². The maximum atomic E-state index is 13.3. The van der Waals surface area contributed by atoms with Gasteiger partial charge >= 0.3 is 0 Å². The normalized spacial score (nSPS) is 14.2. The standard InChI is InChI=1S/C24H21FN4.C2H7N/c25-20-5-3-17(4-6-20)18-14-23-24-26-9-12-29(24)22-8-7-21(27-10-1-2-11-27)13-19(22)16-28(23)15-18;1-3-2/h3-9,12-15H,1-2,10-11,16H2;3H,1-2H3. The van der Waals surface area contributed by atoms with Crippen LogP contribution in [0.3, 0.4) is 0 Å². The summed E-state index contributed by atoms with van der Waals surface area (Å²) >= 11 is 0. The number of halogens is 1. The lowest BCUT2D eigenvalue weighted by Crippen LogP contribution is -2.18. The van der Waals surface area contributed by atoms with Crippen molar-refractivity contribution < 1.29 is 4.39 Å². The van der Waals surface area contributed by atoms with Crippen LogP contribution in [0.25, 0.3) is 28.3 Å². The van der Waals surface area contributed by atoms with Gasteiger partial charge in [0.1, 0.15) is 5.82 Å². The van der Waals surface area contributed by atoms with Gasteiger partial charge in [0.15, 0.2) is 5.82 Å². The van der Waals surface area contributed by atoms with Gasteiger partial charge in [-0.25, -0.2) is 9.37 Å². The largest absolute Gasteiger partial charge is 0.372 e. The van der Waals surface area contributed by atoms with Crippen molar-refractivity contribution in [1.29, 1.82) is 0 Å². The monoisotopic (exact) mass is 429 g/mol. The Hall–Kier alpha value is -3.38. The van der Waals surface area contributed by atoms with Crippen LogP contribution < -0.4 is 10.2 Å². The van der Waals surface area contributed by atoms with Crippen LogP contribution in [0.15, 0.2) is 67.1 Å². The van der Waals surface area contributed by atoms with Crippen molar-refractivity contribution in [3.8, 4) is 28.3 Å². The molecule has 6 heteroatoms. The van der Waals surface area contributed by atoms with E-state index in [1.54, 1.807) is 0 Å². The number of aromatic nitrogens is 3. The predicted molar refractivity (Wildman–Crippen MR) is 128 cm³/mol. The Morgan fingerprint density at radius 1 is 0.938 bits per heavy atom. The minimum atomic E-state index is -0.214. The van der Waals surface area contributed by atoms with Crippen molar-refractivity contribution in [2.75, 3.05) is 32.1 Å². The summed E-state index contributed by atoms with van der Waals surface area (Å²) in [5, 5.41) is 2.75. The third-order valence-corrected chi connectivity index (χ3v) is 6.08. The maximum Gasteiger partial charge on any atom is 0.161 e. The van der Waals surface area contributed by atoms with Crippen molar-refractivity contribution in [2.24, 2.45) is 0 Å². The van der Waals surface area contributed by atoms with E-state index in [0.717, 1.165) is 42.3 Å². The maximum absolute atomic E-state index is 13.3. The molecule has 5 nitrogen and oxygen atoms in total. The Balaban J connectivity index is 0.000000684. The molecule has 1 N–H and O–H groups in total. The number of rotatable bonds is 2. The number of imidazole rings is 1. The topological polar surface area (TPSA) is 38.0 Å². The van der Waals surface area contributed by atoms with E-state index in [-0.39, 0.29) is 5.82 Å². The molecule has 4 aromatic rings. The van der Waals surface area contributed by atoms with Gasteiger partial charge in [-0.05, 0) is 74.5 Å². The van der Waals surface area contributed by atoms with Crippen LogP contribution in [-0.2, 0) is 6.54 Å². The molecular weight excluding hydrogens is 401 g/mol. The summed E-state index contributed by atoms with van der Waals surface area (Å²) in [5.74, 6) is 0.722. The van der Waals surface area contributed by atoms with Crippen LogP contribution in [0, 0.1) is 5.82 Å². The van der Waals surface area contributed by atoms with Gasteiger partial charge in [0.2, 0.25) is 0 Å². The molecule has 2 aromatic heterocycles. The zero-order chi connectivity index (χ0) is 22.1. The van der Waals surface area contributed by atoms with E-state index in [0.29, 0.717) is 0 Å². The summed E-state index contributed by atoms with van der Waals surface area (Å²) in [6.45, 7) is 3.06. The minimum Gasteiger partial charge on any atom is -0.372 e. The van der Waals surface area contributed by atoms with E-state index in [1.807, 2.05) is 38.6 Å². The first-order valence-corrected chi connectivity index (χ1v) is 11.1. The molecule has 0 atom stereocenters. The zero-order valence-electron chi connectivity index (χ0n) is 18.6. The Kier molecular flexibility index (Phi) is 5.53. The summed E-state index contributed by atoms with van der Waals surface area (Å²) in [5.41, 5.74) is 6.94. The molecule has 1 saturated heterocycles. The number of fused-ring (bicyclic) bond motifs is 5. The lowest BCUT2D eigenvalue weighted by Gasteiger charge is -2.20. The Morgan fingerprint density at radius 2 is 1.69 bits per heavy atom. The number of anilines is 1. The fourth-order valence-electron chi connectivity index (χ4n) is 4.61. The Labute approximate surface area is 188 Å². The van der Waals surface area contributed by atoms with Crippen LogP contribution in [0.5, 0.6) is 0 Å². The summed E-state index contributed by atoms with van der Waals surface area (Å²) in [6.07, 6.45) is 8.58. The van der Waals surface area contributed by atoms with Crippen LogP contribution in [-0.4, -0.2) is 41.3 Å². The van der Waals surface area contributed by atoms with Crippen LogP contribution in [0.1, 0.15) is 18.4 Å². The average molecular weight is 430 g/mol. The highest BCUT2D eigenvalue weighted by Crippen LogP contribution is 2.35. The van der Waals surface area contributed by atoms with E-state index in [9.17, 15) is 4.39 Å². The van der Waals surface area contributed by atoms with Crippen LogP contribution >= 0.6 is 0 Å².